The molecule has 0 spiro atoms. The van der Waals surface area contributed by atoms with Gasteiger partial charge in [-0.25, -0.2) is 13.2 Å². The molecule has 0 unspecified atom stereocenters. The number of nitrogens with zero attached hydrogens (tertiary/aromatic N) is 1. The lowest BCUT2D eigenvalue weighted by molar-refractivity contribution is 0.0474. The third-order valence-electron chi connectivity index (χ3n) is 4.05. The lowest BCUT2D eigenvalue weighted by Gasteiger charge is -2.18. The van der Waals surface area contributed by atoms with Crippen molar-refractivity contribution in [1.29, 1.82) is 0 Å². The van der Waals surface area contributed by atoms with Crippen LogP contribution in [0.15, 0.2) is 41.2 Å². The van der Waals surface area contributed by atoms with Crippen LogP contribution in [0, 0.1) is 0 Å². The molecular formula is C17H17NO6S. The molecule has 0 saturated carbocycles. The molecule has 2 heterocycles. The number of furan rings is 1. The van der Waals surface area contributed by atoms with Gasteiger partial charge in [-0.3, -0.25) is 9.10 Å². The lowest BCUT2D eigenvalue weighted by Crippen LogP contribution is -2.30. The first-order valence-corrected chi connectivity index (χ1v) is 9.39. The lowest BCUT2D eigenvalue weighted by atomic mass is 10.1. The number of sulfonamides is 1. The summed E-state index contributed by atoms with van der Waals surface area (Å²) in [7, 11) is -3.32. The van der Waals surface area contributed by atoms with Crippen molar-refractivity contribution < 1.29 is 27.2 Å². The zero-order valence-electron chi connectivity index (χ0n) is 13.6. The Kier molecular flexibility index (Phi) is 4.63. The minimum Gasteiger partial charge on any atom is -0.472 e. The van der Waals surface area contributed by atoms with E-state index in [9.17, 15) is 18.0 Å². The number of ketones is 1. The molecule has 7 nitrogen and oxygen atoms in total. The summed E-state index contributed by atoms with van der Waals surface area (Å²) in [5.41, 5.74) is 2.02. The van der Waals surface area contributed by atoms with Gasteiger partial charge in [0.15, 0.2) is 12.4 Å². The van der Waals surface area contributed by atoms with Gasteiger partial charge in [0, 0.05) is 12.1 Å². The summed E-state index contributed by atoms with van der Waals surface area (Å²) in [6.45, 7) is 1.58. The van der Waals surface area contributed by atoms with Gasteiger partial charge in [0.05, 0.1) is 23.3 Å². The molecule has 3 rings (SSSR count). The van der Waals surface area contributed by atoms with E-state index in [1.54, 1.807) is 25.1 Å². The quantitative estimate of drug-likeness (QED) is 0.576. The van der Waals surface area contributed by atoms with Crippen LogP contribution in [-0.4, -0.2) is 39.1 Å². The Labute approximate surface area is 145 Å². The van der Waals surface area contributed by atoms with E-state index in [0.717, 1.165) is 5.56 Å². The fourth-order valence-electron chi connectivity index (χ4n) is 2.67. The number of rotatable bonds is 6. The van der Waals surface area contributed by atoms with Crippen LogP contribution in [0.1, 0.15) is 33.2 Å². The van der Waals surface area contributed by atoms with Crippen LogP contribution in [0.2, 0.25) is 0 Å². The molecule has 0 N–H and O–H groups in total. The number of fused-ring (bicyclic) bond motifs is 1. The predicted octanol–water partition coefficient (Wildman–Crippen LogP) is 2.03. The van der Waals surface area contributed by atoms with Crippen molar-refractivity contribution >= 4 is 27.5 Å². The molecule has 1 aliphatic rings. The standard InChI is InChI=1S/C17H17NO6S/c1-2-25(21,22)18-7-5-12-9-13(3-4-15(12)18)16(19)11-24-17(20)14-6-8-23-10-14/h3-4,6,8-10H,2,5,7,11H2,1H3. The van der Waals surface area contributed by atoms with Crippen molar-refractivity contribution in [2.75, 3.05) is 23.2 Å². The molecule has 25 heavy (non-hydrogen) atoms. The monoisotopic (exact) mass is 363 g/mol. The zero-order chi connectivity index (χ0) is 18.0. The molecule has 0 amide bonds. The van der Waals surface area contributed by atoms with E-state index in [-0.39, 0.29) is 23.7 Å². The van der Waals surface area contributed by atoms with E-state index in [4.69, 9.17) is 9.15 Å². The summed E-state index contributed by atoms with van der Waals surface area (Å²) in [5.74, 6) is -0.961. The Morgan fingerprint density at radius 3 is 2.72 bits per heavy atom. The molecule has 0 atom stereocenters. The van der Waals surface area contributed by atoms with Crippen LogP contribution >= 0.6 is 0 Å². The van der Waals surface area contributed by atoms with Crippen LogP contribution < -0.4 is 4.31 Å². The summed E-state index contributed by atoms with van der Waals surface area (Å²) in [6.07, 6.45) is 3.13. The first-order valence-electron chi connectivity index (χ1n) is 7.78. The number of hydrogen-bond donors (Lipinski definition) is 0. The number of anilines is 1. The van der Waals surface area contributed by atoms with Crippen molar-refractivity contribution in [1.82, 2.24) is 0 Å². The van der Waals surface area contributed by atoms with Crippen LogP contribution in [0.25, 0.3) is 0 Å². The summed E-state index contributed by atoms with van der Waals surface area (Å²) < 4.78 is 35.2. The van der Waals surface area contributed by atoms with Gasteiger partial charge in [-0.1, -0.05) is 0 Å². The summed E-state index contributed by atoms with van der Waals surface area (Å²) in [5, 5.41) is 0. The van der Waals surface area contributed by atoms with E-state index in [2.05, 4.69) is 0 Å². The summed E-state index contributed by atoms with van der Waals surface area (Å²) in [6, 6.07) is 6.29. The molecule has 0 saturated heterocycles. The van der Waals surface area contributed by atoms with Gasteiger partial charge < -0.3 is 9.15 Å². The van der Waals surface area contributed by atoms with E-state index >= 15 is 0 Å². The number of ether oxygens (including phenoxy) is 1. The molecule has 2 aromatic rings. The van der Waals surface area contributed by atoms with Gasteiger partial charge >= 0.3 is 5.97 Å². The molecular weight excluding hydrogens is 346 g/mol. The highest BCUT2D eigenvalue weighted by molar-refractivity contribution is 7.92. The molecule has 0 bridgehead atoms. The normalized spacial score (nSPS) is 13.6. The Bertz CT molecular complexity index is 901. The van der Waals surface area contributed by atoms with Gasteiger partial charge in [-0.15, -0.1) is 0 Å². The van der Waals surface area contributed by atoms with E-state index < -0.39 is 16.0 Å². The Morgan fingerprint density at radius 2 is 2.04 bits per heavy atom. The number of Topliss-reactive ketones (excluding diaryl/α,β-unsaturated/α-hetero) is 1. The number of carbonyl (C=O) groups excluding carboxylic acids is 2. The highest BCUT2D eigenvalue weighted by Gasteiger charge is 2.28. The third kappa shape index (κ3) is 3.43. The van der Waals surface area contributed by atoms with Crippen molar-refractivity contribution in [2.45, 2.75) is 13.3 Å². The average Bonchev–Trinajstić information content (AvgIpc) is 3.28. The number of benzene rings is 1. The maximum atomic E-state index is 12.2. The number of hydrogen-bond acceptors (Lipinski definition) is 6. The van der Waals surface area contributed by atoms with Gasteiger partial charge in [0.2, 0.25) is 10.0 Å². The van der Waals surface area contributed by atoms with Crippen molar-refractivity contribution in [3.8, 4) is 0 Å². The molecule has 1 aromatic carbocycles. The van der Waals surface area contributed by atoms with Gasteiger partial charge in [-0.05, 0) is 43.2 Å². The van der Waals surface area contributed by atoms with Crippen molar-refractivity contribution in [2.24, 2.45) is 0 Å². The first kappa shape index (κ1) is 17.2. The van der Waals surface area contributed by atoms with Gasteiger partial charge in [-0.2, -0.15) is 0 Å². The smallest absolute Gasteiger partial charge is 0.341 e. The van der Waals surface area contributed by atoms with Gasteiger partial charge in [0.25, 0.3) is 0 Å². The topological polar surface area (TPSA) is 93.9 Å². The van der Waals surface area contributed by atoms with Crippen molar-refractivity contribution in [3.05, 3.63) is 53.5 Å². The SMILES string of the molecule is CCS(=O)(=O)N1CCc2cc(C(=O)COC(=O)c3ccoc3)ccc21. The van der Waals surface area contributed by atoms with Crippen LogP contribution in [0.4, 0.5) is 5.69 Å². The zero-order valence-corrected chi connectivity index (χ0v) is 14.4. The Morgan fingerprint density at radius 1 is 1.24 bits per heavy atom. The second-order valence-corrected chi connectivity index (χ2v) is 7.76. The molecule has 132 valence electrons. The number of carbonyl (C=O) groups is 2. The molecule has 1 aromatic heterocycles. The summed E-state index contributed by atoms with van der Waals surface area (Å²) >= 11 is 0. The van der Waals surface area contributed by atoms with Crippen LogP contribution in [0.3, 0.4) is 0 Å². The van der Waals surface area contributed by atoms with Crippen molar-refractivity contribution in [3.63, 3.8) is 0 Å². The second kappa shape index (κ2) is 6.72. The fraction of sp³-hybridized carbons (Fsp3) is 0.294. The molecule has 1 aliphatic heterocycles. The molecule has 0 fully saturated rings. The van der Waals surface area contributed by atoms with E-state index in [1.165, 1.54) is 22.9 Å². The number of esters is 1. The Balaban J connectivity index is 1.70. The molecule has 8 heteroatoms. The maximum Gasteiger partial charge on any atom is 0.341 e. The highest BCUT2D eigenvalue weighted by atomic mass is 32.2. The fourth-order valence-corrected chi connectivity index (χ4v) is 3.83. The third-order valence-corrected chi connectivity index (χ3v) is 5.83. The Hall–Kier alpha value is -2.61. The first-order chi connectivity index (χ1) is 11.9. The maximum absolute atomic E-state index is 12.2. The highest BCUT2D eigenvalue weighted by Crippen LogP contribution is 2.31. The second-order valence-electron chi connectivity index (χ2n) is 5.58. The largest absolute Gasteiger partial charge is 0.472 e. The minimum atomic E-state index is -3.32. The van der Waals surface area contributed by atoms with E-state index in [0.29, 0.717) is 24.2 Å². The van der Waals surface area contributed by atoms with Crippen LogP contribution in [0.5, 0.6) is 0 Å². The minimum absolute atomic E-state index is 0.0249. The van der Waals surface area contributed by atoms with E-state index in [1.807, 2.05) is 0 Å². The average molecular weight is 363 g/mol. The van der Waals surface area contributed by atoms with Gasteiger partial charge in [0.1, 0.15) is 6.26 Å². The van der Waals surface area contributed by atoms with Crippen LogP contribution in [-0.2, 0) is 21.2 Å². The predicted molar refractivity (Wildman–Crippen MR) is 90.3 cm³/mol. The summed E-state index contributed by atoms with van der Waals surface area (Å²) in [4.78, 5) is 23.9. The molecule has 0 radical (unpaired) electrons. The molecule has 0 aliphatic carbocycles.